The number of aliphatic hydroxyl groups excluding tert-OH is 2. The van der Waals surface area contributed by atoms with Crippen LogP contribution in [-0.2, 0) is 0 Å². The molecule has 2 N–H and O–H groups in total. The second kappa shape index (κ2) is 6.40. The van der Waals surface area contributed by atoms with Crippen molar-refractivity contribution in [2.75, 3.05) is 6.54 Å². The molecular formula is C9H20NO2. The summed E-state index contributed by atoms with van der Waals surface area (Å²) in [5.74, 6) is 0. The van der Waals surface area contributed by atoms with Gasteiger partial charge in [0.1, 0.15) is 12.5 Å². The molecule has 0 saturated carbocycles. The van der Waals surface area contributed by atoms with E-state index in [4.69, 9.17) is 0 Å². The average Bonchev–Trinajstić information content (AvgIpc) is 2.11. The van der Waals surface area contributed by atoms with Gasteiger partial charge in [-0.3, -0.25) is 4.90 Å². The average molecular weight is 174 g/mol. The molecule has 0 aliphatic rings. The molecule has 2 atom stereocenters. The summed E-state index contributed by atoms with van der Waals surface area (Å²) in [6.07, 6.45) is 0.894. The Hall–Kier alpha value is -0.120. The first-order valence-electron chi connectivity index (χ1n) is 4.58. The van der Waals surface area contributed by atoms with Gasteiger partial charge in [-0.15, -0.1) is 0 Å². The van der Waals surface area contributed by atoms with Crippen LogP contribution in [0.2, 0.25) is 0 Å². The third kappa shape index (κ3) is 3.52. The van der Waals surface area contributed by atoms with Gasteiger partial charge >= 0.3 is 0 Å². The molecule has 0 saturated heterocycles. The van der Waals surface area contributed by atoms with E-state index >= 15 is 0 Å². The molecule has 1 radical (unpaired) electrons. The molecule has 0 aliphatic carbocycles. The molecule has 73 valence electrons. The number of rotatable bonds is 6. The molecule has 12 heavy (non-hydrogen) atoms. The molecule has 0 aromatic heterocycles. The van der Waals surface area contributed by atoms with E-state index in [0.717, 1.165) is 0 Å². The van der Waals surface area contributed by atoms with E-state index in [0.29, 0.717) is 25.8 Å². The lowest BCUT2D eigenvalue weighted by Crippen LogP contribution is -2.43. The van der Waals surface area contributed by atoms with Crippen LogP contribution in [-0.4, -0.2) is 34.1 Å². The molecule has 0 rings (SSSR count). The molecule has 0 bridgehead atoms. The smallest absolute Gasteiger partial charge is 0.109 e. The Kier molecular flexibility index (Phi) is 6.34. The molecular weight excluding hydrogens is 154 g/mol. The summed E-state index contributed by atoms with van der Waals surface area (Å²) in [5, 5.41) is 19.0. The number of nitrogens with zero attached hydrogens (tertiary/aromatic N) is 1. The summed E-state index contributed by atoms with van der Waals surface area (Å²) in [7, 11) is 0. The number of hydrogen-bond donors (Lipinski definition) is 2. The predicted octanol–water partition coefficient (Wildman–Crippen LogP) is 0.969. The normalized spacial score (nSPS) is 16.5. The molecule has 0 spiro atoms. The molecule has 0 aliphatic heterocycles. The van der Waals surface area contributed by atoms with Crippen LogP contribution < -0.4 is 0 Å². The van der Waals surface area contributed by atoms with Gasteiger partial charge in [0, 0.05) is 6.54 Å². The lowest BCUT2D eigenvalue weighted by Gasteiger charge is -2.30. The molecule has 0 amide bonds. The van der Waals surface area contributed by atoms with Crippen LogP contribution in [0.4, 0.5) is 0 Å². The van der Waals surface area contributed by atoms with E-state index in [1.165, 1.54) is 0 Å². The monoisotopic (exact) mass is 174 g/mol. The highest BCUT2D eigenvalue weighted by atomic mass is 16.3. The highest BCUT2D eigenvalue weighted by Crippen LogP contribution is 2.08. The standard InChI is InChI=1S/C9H20NO2/c1-4-7-10(8(11)5-2)9(12)6-3/h8-9,11-12H,1,4-7H2,2-3H3. The summed E-state index contributed by atoms with van der Waals surface area (Å²) >= 11 is 0. The van der Waals surface area contributed by atoms with Gasteiger partial charge in [0.15, 0.2) is 0 Å². The van der Waals surface area contributed by atoms with Gasteiger partial charge in [-0.25, -0.2) is 0 Å². The summed E-state index contributed by atoms with van der Waals surface area (Å²) < 4.78 is 0. The van der Waals surface area contributed by atoms with Gasteiger partial charge < -0.3 is 10.2 Å². The van der Waals surface area contributed by atoms with Crippen molar-refractivity contribution in [3.8, 4) is 0 Å². The molecule has 0 aromatic rings. The molecule has 3 nitrogen and oxygen atoms in total. The minimum absolute atomic E-state index is 0.540. The van der Waals surface area contributed by atoms with Gasteiger partial charge in [-0.2, -0.15) is 0 Å². The molecule has 3 heteroatoms. The second-order valence-electron chi connectivity index (χ2n) is 2.87. The van der Waals surface area contributed by atoms with Crippen LogP contribution in [0, 0.1) is 6.92 Å². The minimum atomic E-state index is -0.540. The Morgan fingerprint density at radius 2 is 1.58 bits per heavy atom. The van der Waals surface area contributed by atoms with E-state index in [2.05, 4.69) is 6.92 Å². The van der Waals surface area contributed by atoms with Gasteiger partial charge in [0.2, 0.25) is 0 Å². The first kappa shape index (κ1) is 11.9. The highest BCUT2D eigenvalue weighted by Gasteiger charge is 2.18. The zero-order chi connectivity index (χ0) is 9.56. The maximum absolute atomic E-state index is 9.49. The van der Waals surface area contributed by atoms with Crippen molar-refractivity contribution in [3.05, 3.63) is 6.92 Å². The van der Waals surface area contributed by atoms with Crippen LogP contribution in [0.3, 0.4) is 0 Å². The van der Waals surface area contributed by atoms with Gasteiger partial charge in [0.05, 0.1) is 0 Å². The molecule has 0 fully saturated rings. The fourth-order valence-corrected chi connectivity index (χ4v) is 1.15. The maximum Gasteiger partial charge on any atom is 0.109 e. The van der Waals surface area contributed by atoms with Crippen molar-refractivity contribution in [3.63, 3.8) is 0 Å². The van der Waals surface area contributed by atoms with Crippen LogP contribution in [0.25, 0.3) is 0 Å². The minimum Gasteiger partial charge on any atom is -0.378 e. The third-order valence-electron chi connectivity index (χ3n) is 1.91. The first-order chi connectivity index (χ1) is 5.67. The van der Waals surface area contributed by atoms with E-state index < -0.39 is 12.5 Å². The highest BCUT2D eigenvalue weighted by molar-refractivity contribution is 4.64. The summed E-state index contributed by atoms with van der Waals surface area (Å²) in [4.78, 5) is 1.67. The van der Waals surface area contributed by atoms with Gasteiger partial charge in [-0.05, 0) is 19.3 Å². The summed E-state index contributed by atoms with van der Waals surface area (Å²) in [6.45, 7) is 8.12. The van der Waals surface area contributed by atoms with Crippen molar-refractivity contribution in [1.82, 2.24) is 4.90 Å². The Morgan fingerprint density at radius 1 is 1.17 bits per heavy atom. The van der Waals surface area contributed by atoms with Crippen molar-refractivity contribution >= 4 is 0 Å². The maximum atomic E-state index is 9.49. The van der Waals surface area contributed by atoms with Gasteiger partial charge in [0.25, 0.3) is 0 Å². The number of hydrogen-bond acceptors (Lipinski definition) is 3. The van der Waals surface area contributed by atoms with E-state index in [1.54, 1.807) is 4.90 Å². The van der Waals surface area contributed by atoms with E-state index in [1.807, 2.05) is 13.8 Å². The molecule has 2 unspecified atom stereocenters. The SMILES string of the molecule is [CH2]CCN(C(O)CC)C(O)CC. The Bertz CT molecular complexity index is 98.7. The second-order valence-corrected chi connectivity index (χ2v) is 2.87. The Morgan fingerprint density at radius 3 is 1.83 bits per heavy atom. The Labute approximate surface area is 75.0 Å². The van der Waals surface area contributed by atoms with E-state index in [9.17, 15) is 10.2 Å². The van der Waals surface area contributed by atoms with Crippen molar-refractivity contribution in [2.45, 2.75) is 45.6 Å². The van der Waals surface area contributed by atoms with Crippen LogP contribution in [0.5, 0.6) is 0 Å². The quantitative estimate of drug-likeness (QED) is 0.590. The van der Waals surface area contributed by atoms with Crippen LogP contribution in [0.1, 0.15) is 33.1 Å². The number of aliphatic hydroxyl groups is 2. The Balaban J connectivity index is 4.01. The van der Waals surface area contributed by atoms with Crippen molar-refractivity contribution < 1.29 is 10.2 Å². The molecule has 0 aromatic carbocycles. The first-order valence-corrected chi connectivity index (χ1v) is 4.58. The van der Waals surface area contributed by atoms with Crippen molar-refractivity contribution in [2.24, 2.45) is 0 Å². The zero-order valence-corrected chi connectivity index (χ0v) is 8.03. The van der Waals surface area contributed by atoms with Crippen LogP contribution >= 0.6 is 0 Å². The molecule has 0 heterocycles. The lowest BCUT2D eigenvalue weighted by molar-refractivity contribution is -0.102. The zero-order valence-electron chi connectivity index (χ0n) is 8.03. The third-order valence-corrected chi connectivity index (χ3v) is 1.91. The fourth-order valence-electron chi connectivity index (χ4n) is 1.15. The lowest BCUT2D eigenvalue weighted by atomic mass is 10.3. The topological polar surface area (TPSA) is 43.7 Å². The summed E-state index contributed by atoms with van der Waals surface area (Å²) in [6, 6.07) is 0. The van der Waals surface area contributed by atoms with Crippen LogP contribution in [0.15, 0.2) is 0 Å². The van der Waals surface area contributed by atoms with E-state index in [-0.39, 0.29) is 0 Å². The fraction of sp³-hybridized carbons (Fsp3) is 0.889. The predicted molar refractivity (Wildman–Crippen MR) is 49.3 cm³/mol. The van der Waals surface area contributed by atoms with Gasteiger partial charge in [-0.1, -0.05) is 20.8 Å². The largest absolute Gasteiger partial charge is 0.378 e. The van der Waals surface area contributed by atoms with Crippen molar-refractivity contribution in [1.29, 1.82) is 0 Å². The summed E-state index contributed by atoms with van der Waals surface area (Å²) in [5.41, 5.74) is 0.